The van der Waals surface area contributed by atoms with E-state index >= 15 is 0 Å². The van der Waals surface area contributed by atoms with Gasteiger partial charge in [0.2, 0.25) is 5.91 Å². The Morgan fingerprint density at radius 3 is 2.79 bits per heavy atom. The molecule has 0 aliphatic carbocycles. The van der Waals surface area contributed by atoms with Crippen LogP contribution in [0, 0.1) is 6.92 Å². The molecule has 2 rings (SSSR count). The van der Waals surface area contributed by atoms with E-state index in [-0.39, 0.29) is 17.3 Å². The lowest BCUT2D eigenvalue weighted by atomic mass is 10.0. The number of rotatable bonds is 2. The van der Waals surface area contributed by atoms with Crippen LogP contribution in [0.4, 0.5) is 5.82 Å². The van der Waals surface area contributed by atoms with Crippen molar-refractivity contribution in [1.82, 2.24) is 14.9 Å². The number of aryl methyl sites for hydroxylation is 1. The average Bonchev–Trinajstić information content (AvgIpc) is 2.38. The maximum atomic E-state index is 12.4. The lowest BCUT2D eigenvalue weighted by Crippen LogP contribution is -2.50. The van der Waals surface area contributed by atoms with Gasteiger partial charge in [0.05, 0.1) is 0 Å². The minimum absolute atomic E-state index is 0.131. The van der Waals surface area contributed by atoms with Gasteiger partial charge in [-0.05, 0) is 26.2 Å². The molecule has 1 aromatic heterocycles. The summed E-state index contributed by atoms with van der Waals surface area (Å²) < 4.78 is 0. The van der Waals surface area contributed by atoms with Gasteiger partial charge in [-0.3, -0.25) is 9.59 Å². The van der Waals surface area contributed by atoms with Crippen LogP contribution >= 0.6 is 0 Å². The third-order valence-corrected chi connectivity index (χ3v) is 3.26. The highest BCUT2D eigenvalue weighted by Crippen LogP contribution is 2.21. The Morgan fingerprint density at radius 1 is 1.42 bits per heavy atom. The van der Waals surface area contributed by atoms with Gasteiger partial charge in [-0.25, -0.2) is 9.97 Å². The maximum absolute atomic E-state index is 12.4. The molecule has 0 radical (unpaired) electrons. The first-order valence-corrected chi connectivity index (χ1v) is 6.20. The molecule has 7 heteroatoms. The Kier molecular flexibility index (Phi) is 3.64. The van der Waals surface area contributed by atoms with Gasteiger partial charge in [0.25, 0.3) is 5.91 Å². The molecule has 2 amide bonds. The lowest BCUT2D eigenvalue weighted by Gasteiger charge is -2.33. The van der Waals surface area contributed by atoms with Gasteiger partial charge in [0.1, 0.15) is 23.2 Å². The third-order valence-electron chi connectivity index (χ3n) is 3.26. The first-order valence-electron chi connectivity index (χ1n) is 6.20. The molecule has 1 unspecified atom stereocenters. The van der Waals surface area contributed by atoms with Gasteiger partial charge >= 0.3 is 0 Å². The Balaban J connectivity index is 2.28. The molecule has 0 aromatic carbocycles. The molecule has 19 heavy (non-hydrogen) atoms. The van der Waals surface area contributed by atoms with E-state index in [1.165, 1.54) is 11.1 Å². The number of nitrogen functional groups attached to an aromatic ring is 1. The van der Waals surface area contributed by atoms with Crippen molar-refractivity contribution in [3.8, 4) is 0 Å². The highest BCUT2D eigenvalue weighted by molar-refractivity contribution is 6.00. The number of likely N-dealkylation sites (tertiary alicyclic amines) is 1. The smallest absolute Gasteiger partial charge is 0.259 e. The van der Waals surface area contributed by atoms with Crippen molar-refractivity contribution in [2.24, 2.45) is 5.73 Å². The first kappa shape index (κ1) is 13.3. The highest BCUT2D eigenvalue weighted by Gasteiger charge is 2.32. The molecule has 0 bridgehead atoms. The normalized spacial score (nSPS) is 19.2. The fourth-order valence-electron chi connectivity index (χ4n) is 2.28. The molecule has 1 fully saturated rings. The second-order valence-electron chi connectivity index (χ2n) is 4.63. The minimum atomic E-state index is -0.568. The average molecular weight is 263 g/mol. The fourth-order valence-corrected chi connectivity index (χ4v) is 2.28. The number of anilines is 1. The van der Waals surface area contributed by atoms with Crippen molar-refractivity contribution in [3.05, 3.63) is 17.6 Å². The summed E-state index contributed by atoms with van der Waals surface area (Å²) in [6.45, 7) is 2.19. The Labute approximate surface area is 111 Å². The van der Waals surface area contributed by atoms with Crippen LogP contribution in [0.5, 0.6) is 0 Å². The van der Waals surface area contributed by atoms with Gasteiger partial charge in [-0.2, -0.15) is 0 Å². The van der Waals surface area contributed by atoms with E-state index in [0.717, 1.165) is 12.8 Å². The molecule has 1 aromatic rings. The van der Waals surface area contributed by atoms with E-state index in [1.54, 1.807) is 6.92 Å². The number of aromatic nitrogens is 2. The van der Waals surface area contributed by atoms with Gasteiger partial charge in [0.15, 0.2) is 0 Å². The van der Waals surface area contributed by atoms with Crippen LogP contribution in [0.2, 0.25) is 0 Å². The van der Waals surface area contributed by atoms with Gasteiger partial charge in [0, 0.05) is 12.7 Å². The maximum Gasteiger partial charge on any atom is 0.259 e. The predicted molar refractivity (Wildman–Crippen MR) is 69.1 cm³/mol. The molecule has 7 nitrogen and oxygen atoms in total. The molecule has 1 aliphatic heterocycles. The highest BCUT2D eigenvalue weighted by atomic mass is 16.2. The summed E-state index contributed by atoms with van der Waals surface area (Å²) in [6, 6.07) is -0.568. The van der Waals surface area contributed by atoms with Crippen LogP contribution in [-0.2, 0) is 4.79 Å². The van der Waals surface area contributed by atoms with E-state index in [0.29, 0.717) is 18.8 Å². The molecule has 4 N–H and O–H groups in total. The Bertz CT molecular complexity index is 517. The molecule has 0 saturated carbocycles. The summed E-state index contributed by atoms with van der Waals surface area (Å²) in [4.78, 5) is 33.2. The van der Waals surface area contributed by atoms with Crippen molar-refractivity contribution >= 4 is 17.6 Å². The largest absolute Gasteiger partial charge is 0.383 e. The third kappa shape index (κ3) is 2.64. The number of amides is 2. The first-order chi connectivity index (χ1) is 9.00. The number of primary amides is 1. The van der Waals surface area contributed by atoms with E-state index in [4.69, 9.17) is 11.5 Å². The standard InChI is InChI=1S/C12H17N5O2/c1-7-15-6-8(10(13)16-7)12(19)17-5-3-2-4-9(17)11(14)18/h6,9H,2-5H2,1H3,(H2,14,18)(H2,13,15,16). The van der Waals surface area contributed by atoms with Crippen molar-refractivity contribution in [1.29, 1.82) is 0 Å². The van der Waals surface area contributed by atoms with E-state index in [1.807, 2.05) is 0 Å². The second kappa shape index (κ2) is 5.21. The topological polar surface area (TPSA) is 115 Å². The summed E-state index contributed by atoms with van der Waals surface area (Å²) in [5, 5.41) is 0. The summed E-state index contributed by atoms with van der Waals surface area (Å²) >= 11 is 0. The number of hydrogen-bond donors (Lipinski definition) is 2. The van der Waals surface area contributed by atoms with Crippen LogP contribution in [-0.4, -0.2) is 39.3 Å². The monoisotopic (exact) mass is 263 g/mol. The van der Waals surface area contributed by atoms with Crippen LogP contribution in [0.15, 0.2) is 6.20 Å². The van der Waals surface area contributed by atoms with Crippen LogP contribution in [0.3, 0.4) is 0 Å². The number of hydrogen-bond acceptors (Lipinski definition) is 5. The van der Waals surface area contributed by atoms with Crippen LogP contribution in [0.1, 0.15) is 35.4 Å². The predicted octanol–water partition coefficient (Wildman–Crippen LogP) is -0.153. The SMILES string of the molecule is Cc1ncc(C(=O)N2CCCCC2C(N)=O)c(N)n1. The van der Waals surface area contributed by atoms with Crippen LogP contribution in [0.25, 0.3) is 0 Å². The zero-order valence-electron chi connectivity index (χ0n) is 10.8. The van der Waals surface area contributed by atoms with Crippen molar-refractivity contribution in [2.75, 3.05) is 12.3 Å². The van der Waals surface area contributed by atoms with Gasteiger partial charge in [-0.1, -0.05) is 0 Å². The van der Waals surface area contributed by atoms with E-state index in [2.05, 4.69) is 9.97 Å². The number of carbonyl (C=O) groups excluding carboxylic acids is 2. The van der Waals surface area contributed by atoms with Crippen molar-refractivity contribution in [2.45, 2.75) is 32.2 Å². The molecular formula is C12H17N5O2. The van der Waals surface area contributed by atoms with Crippen molar-refractivity contribution in [3.63, 3.8) is 0 Å². The summed E-state index contributed by atoms with van der Waals surface area (Å²) in [5.41, 5.74) is 11.3. The fraction of sp³-hybridized carbons (Fsp3) is 0.500. The zero-order valence-corrected chi connectivity index (χ0v) is 10.8. The Hall–Kier alpha value is -2.18. The molecule has 1 saturated heterocycles. The van der Waals surface area contributed by atoms with Gasteiger partial charge < -0.3 is 16.4 Å². The van der Waals surface area contributed by atoms with Gasteiger partial charge in [-0.15, -0.1) is 0 Å². The molecular weight excluding hydrogens is 246 g/mol. The zero-order chi connectivity index (χ0) is 14.0. The second-order valence-corrected chi connectivity index (χ2v) is 4.63. The number of carbonyl (C=O) groups is 2. The number of nitrogens with zero attached hydrogens (tertiary/aromatic N) is 3. The molecule has 1 atom stereocenters. The molecule has 102 valence electrons. The Morgan fingerprint density at radius 2 is 2.16 bits per heavy atom. The summed E-state index contributed by atoms with van der Waals surface area (Å²) in [7, 11) is 0. The van der Waals surface area contributed by atoms with E-state index in [9.17, 15) is 9.59 Å². The lowest BCUT2D eigenvalue weighted by molar-refractivity contribution is -0.123. The van der Waals surface area contributed by atoms with E-state index < -0.39 is 11.9 Å². The summed E-state index contributed by atoms with van der Waals surface area (Å²) in [6.07, 6.45) is 3.72. The quantitative estimate of drug-likeness (QED) is 0.769. The van der Waals surface area contributed by atoms with Crippen LogP contribution < -0.4 is 11.5 Å². The minimum Gasteiger partial charge on any atom is -0.383 e. The molecule has 0 spiro atoms. The number of nitrogens with two attached hydrogens (primary N) is 2. The number of piperidine rings is 1. The van der Waals surface area contributed by atoms with Crippen molar-refractivity contribution < 1.29 is 9.59 Å². The summed E-state index contributed by atoms with van der Waals surface area (Å²) in [5.74, 6) is -0.189. The molecule has 1 aliphatic rings. The molecule has 2 heterocycles.